The van der Waals surface area contributed by atoms with E-state index in [9.17, 15) is 4.79 Å². The van der Waals surface area contributed by atoms with Gasteiger partial charge in [-0.25, -0.2) is 9.97 Å². The van der Waals surface area contributed by atoms with E-state index in [1.54, 1.807) is 6.33 Å². The predicted octanol–water partition coefficient (Wildman–Crippen LogP) is 2.22. The van der Waals surface area contributed by atoms with Crippen LogP contribution >= 0.6 is 0 Å². The molecule has 2 rings (SSSR count). The summed E-state index contributed by atoms with van der Waals surface area (Å²) in [4.78, 5) is 23.1. The Morgan fingerprint density at radius 3 is 2.71 bits per heavy atom. The van der Waals surface area contributed by atoms with Crippen LogP contribution in [-0.4, -0.2) is 35.0 Å². The van der Waals surface area contributed by atoms with Crippen LogP contribution in [0.3, 0.4) is 0 Å². The number of carbonyl (C=O) groups excluding carboxylic acids is 1. The van der Waals surface area contributed by atoms with E-state index in [1.165, 1.54) is 0 Å². The Morgan fingerprint density at radius 1 is 1.33 bits per heavy atom. The van der Waals surface area contributed by atoms with Gasteiger partial charge in [-0.1, -0.05) is 20.8 Å². The molecule has 21 heavy (non-hydrogen) atoms. The van der Waals surface area contributed by atoms with Gasteiger partial charge in [0.05, 0.1) is 0 Å². The van der Waals surface area contributed by atoms with Gasteiger partial charge in [-0.05, 0) is 26.7 Å². The molecule has 0 bridgehead atoms. The fraction of sp³-hybridized carbons (Fsp3) is 0.688. The highest BCUT2D eigenvalue weighted by Gasteiger charge is 2.28. The number of amides is 1. The fourth-order valence-electron chi connectivity index (χ4n) is 2.53. The molecule has 0 spiro atoms. The van der Waals surface area contributed by atoms with Gasteiger partial charge in [0.15, 0.2) is 0 Å². The zero-order valence-corrected chi connectivity index (χ0v) is 13.7. The molecule has 1 aliphatic rings. The van der Waals surface area contributed by atoms with E-state index < -0.39 is 0 Å². The van der Waals surface area contributed by atoms with Gasteiger partial charge in [0.2, 0.25) is 5.91 Å². The van der Waals surface area contributed by atoms with Crippen molar-refractivity contribution in [2.24, 2.45) is 5.41 Å². The third kappa shape index (κ3) is 3.71. The summed E-state index contributed by atoms with van der Waals surface area (Å²) < 4.78 is 0. The normalized spacial score (nSPS) is 19.5. The van der Waals surface area contributed by atoms with Crippen LogP contribution in [0, 0.1) is 19.3 Å². The molecule has 0 aliphatic carbocycles. The number of piperidine rings is 1. The average Bonchev–Trinajstić information content (AvgIpc) is 2.41. The van der Waals surface area contributed by atoms with Crippen LogP contribution in [0.15, 0.2) is 6.33 Å². The van der Waals surface area contributed by atoms with Crippen LogP contribution in [0.5, 0.6) is 0 Å². The number of nitrogens with one attached hydrogen (secondary N) is 1. The number of hydrogen-bond donors (Lipinski definition) is 1. The highest BCUT2D eigenvalue weighted by atomic mass is 16.2. The van der Waals surface area contributed by atoms with Crippen LogP contribution in [0.1, 0.15) is 44.9 Å². The maximum atomic E-state index is 12.1. The van der Waals surface area contributed by atoms with Crippen molar-refractivity contribution >= 4 is 11.7 Å². The summed E-state index contributed by atoms with van der Waals surface area (Å²) in [5.41, 5.74) is 1.80. The molecule has 1 aliphatic heterocycles. The average molecular weight is 290 g/mol. The first-order valence-electron chi connectivity index (χ1n) is 7.63. The smallest absolute Gasteiger partial charge is 0.225 e. The third-order valence-electron chi connectivity index (χ3n) is 4.05. The molecule has 5 nitrogen and oxygen atoms in total. The number of nitrogens with zero attached hydrogens (tertiary/aromatic N) is 3. The molecule has 116 valence electrons. The van der Waals surface area contributed by atoms with Crippen molar-refractivity contribution in [1.82, 2.24) is 15.3 Å². The number of anilines is 1. The Labute approximate surface area is 127 Å². The molecule has 0 saturated carbocycles. The quantitative estimate of drug-likeness (QED) is 0.907. The molecule has 0 aromatic carbocycles. The largest absolute Gasteiger partial charge is 0.354 e. The monoisotopic (exact) mass is 290 g/mol. The number of rotatable bonds is 2. The summed E-state index contributed by atoms with van der Waals surface area (Å²) in [7, 11) is 0. The van der Waals surface area contributed by atoms with E-state index in [0.29, 0.717) is 0 Å². The first kappa shape index (κ1) is 15.7. The summed E-state index contributed by atoms with van der Waals surface area (Å²) in [6.45, 7) is 11.7. The first-order chi connectivity index (χ1) is 9.79. The molecule has 5 heteroatoms. The molecule has 1 N–H and O–H groups in total. The molecule has 1 aromatic rings. The Morgan fingerprint density at radius 2 is 2.05 bits per heavy atom. The molecule has 1 unspecified atom stereocenters. The maximum absolute atomic E-state index is 12.1. The van der Waals surface area contributed by atoms with Gasteiger partial charge in [0.1, 0.15) is 12.1 Å². The van der Waals surface area contributed by atoms with Crippen LogP contribution in [-0.2, 0) is 4.79 Å². The molecule has 0 radical (unpaired) electrons. The molecule has 1 amide bonds. The van der Waals surface area contributed by atoms with Crippen LogP contribution < -0.4 is 10.2 Å². The van der Waals surface area contributed by atoms with Gasteiger partial charge in [-0.3, -0.25) is 4.79 Å². The van der Waals surface area contributed by atoms with Gasteiger partial charge in [-0.15, -0.1) is 0 Å². The van der Waals surface area contributed by atoms with Crippen molar-refractivity contribution in [2.75, 3.05) is 18.0 Å². The zero-order chi connectivity index (χ0) is 15.6. The lowest BCUT2D eigenvalue weighted by molar-refractivity contribution is -0.129. The van der Waals surface area contributed by atoms with Gasteiger partial charge < -0.3 is 10.2 Å². The minimum absolute atomic E-state index is 0.116. The van der Waals surface area contributed by atoms with Crippen molar-refractivity contribution in [2.45, 2.75) is 53.5 Å². The van der Waals surface area contributed by atoms with Crippen LogP contribution in [0.4, 0.5) is 5.82 Å². The summed E-state index contributed by atoms with van der Waals surface area (Å²) in [5, 5.41) is 3.17. The summed E-state index contributed by atoms with van der Waals surface area (Å²) in [6.07, 6.45) is 3.72. The summed E-state index contributed by atoms with van der Waals surface area (Å²) in [6, 6.07) is 0.195. The second-order valence-electron chi connectivity index (χ2n) is 6.92. The van der Waals surface area contributed by atoms with Crippen molar-refractivity contribution in [3.8, 4) is 0 Å². The molecule has 1 atom stereocenters. The SMILES string of the molecule is Cc1ncnc(N2CCCC(NC(=O)C(C)(C)C)C2)c1C. The highest BCUT2D eigenvalue weighted by Crippen LogP contribution is 2.23. The fourth-order valence-corrected chi connectivity index (χ4v) is 2.53. The zero-order valence-electron chi connectivity index (χ0n) is 13.7. The summed E-state index contributed by atoms with van der Waals surface area (Å²) >= 11 is 0. The van der Waals surface area contributed by atoms with Gasteiger partial charge in [0.25, 0.3) is 0 Å². The second kappa shape index (κ2) is 6.00. The lowest BCUT2D eigenvalue weighted by atomic mass is 9.94. The first-order valence-corrected chi connectivity index (χ1v) is 7.63. The van der Waals surface area contributed by atoms with E-state index in [0.717, 1.165) is 43.0 Å². The van der Waals surface area contributed by atoms with Gasteiger partial charge in [0, 0.05) is 35.8 Å². The third-order valence-corrected chi connectivity index (χ3v) is 4.05. The summed E-state index contributed by atoms with van der Waals surface area (Å²) in [5.74, 6) is 1.11. The minimum Gasteiger partial charge on any atom is -0.354 e. The van der Waals surface area contributed by atoms with E-state index >= 15 is 0 Å². The second-order valence-corrected chi connectivity index (χ2v) is 6.92. The molecule has 2 heterocycles. The molecule has 1 fully saturated rings. The Hall–Kier alpha value is -1.65. The molecule has 1 saturated heterocycles. The van der Waals surface area contributed by atoms with Crippen molar-refractivity contribution in [1.29, 1.82) is 0 Å². The van der Waals surface area contributed by atoms with Crippen LogP contribution in [0.25, 0.3) is 0 Å². The van der Waals surface area contributed by atoms with Gasteiger partial charge in [-0.2, -0.15) is 0 Å². The van der Waals surface area contributed by atoms with Crippen molar-refractivity contribution in [3.05, 3.63) is 17.6 Å². The van der Waals surface area contributed by atoms with Gasteiger partial charge >= 0.3 is 0 Å². The molecular weight excluding hydrogens is 264 g/mol. The number of hydrogen-bond acceptors (Lipinski definition) is 4. The van der Waals surface area contributed by atoms with Crippen LogP contribution in [0.2, 0.25) is 0 Å². The maximum Gasteiger partial charge on any atom is 0.225 e. The Bertz CT molecular complexity index is 521. The predicted molar refractivity (Wildman–Crippen MR) is 84.3 cm³/mol. The van der Waals surface area contributed by atoms with E-state index in [-0.39, 0.29) is 17.4 Å². The number of carbonyl (C=O) groups is 1. The lowest BCUT2D eigenvalue weighted by Crippen LogP contribution is -2.50. The van der Waals surface area contributed by atoms with E-state index in [4.69, 9.17) is 0 Å². The highest BCUT2D eigenvalue weighted by molar-refractivity contribution is 5.81. The molecule has 1 aromatic heterocycles. The topological polar surface area (TPSA) is 58.1 Å². The van der Waals surface area contributed by atoms with Crippen molar-refractivity contribution < 1.29 is 4.79 Å². The Kier molecular flexibility index (Phi) is 4.49. The number of aromatic nitrogens is 2. The minimum atomic E-state index is -0.344. The van der Waals surface area contributed by atoms with Crippen molar-refractivity contribution in [3.63, 3.8) is 0 Å². The van der Waals surface area contributed by atoms with E-state index in [1.807, 2.05) is 27.7 Å². The standard InChI is InChI=1S/C16H26N4O/c1-11-12(2)17-10-18-14(11)20-8-6-7-13(9-20)19-15(21)16(3,4)5/h10,13H,6-9H2,1-5H3,(H,19,21). The Balaban J connectivity index is 2.07. The van der Waals surface area contributed by atoms with E-state index in [2.05, 4.69) is 27.1 Å². The molecular formula is C16H26N4O. The lowest BCUT2D eigenvalue weighted by Gasteiger charge is -2.35. The number of aryl methyl sites for hydroxylation is 1.